The van der Waals surface area contributed by atoms with E-state index in [9.17, 15) is 0 Å². The molecule has 0 aromatic rings. The molecule has 0 bridgehead atoms. The van der Waals surface area contributed by atoms with Gasteiger partial charge < -0.3 is 5.73 Å². The Balaban J connectivity index is 3.04. The smallest absolute Gasteiger partial charge is 0.0905 e. The summed E-state index contributed by atoms with van der Waals surface area (Å²) in [6.07, 6.45) is 4.31. The summed E-state index contributed by atoms with van der Waals surface area (Å²) in [5, 5.41) is 7.04. The highest BCUT2D eigenvalue weighted by molar-refractivity contribution is 7.99. The first kappa shape index (κ1) is 12.8. The van der Waals surface area contributed by atoms with Gasteiger partial charge in [-0.1, -0.05) is 20.3 Å². The lowest BCUT2D eigenvalue weighted by molar-refractivity contribution is 0.636. The van der Waals surface area contributed by atoms with Gasteiger partial charge in [-0.15, -0.1) is 0 Å². The average molecular weight is 202 g/mol. The molecule has 0 saturated heterocycles. The first-order chi connectivity index (χ1) is 6.16. The normalized spacial score (nSPS) is 12.8. The van der Waals surface area contributed by atoms with Crippen LogP contribution in [0.1, 0.15) is 39.5 Å². The number of unbranched alkanes of at least 4 members (excludes halogenated alkanes) is 1. The lowest BCUT2D eigenvalue weighted by Gasteiger charge is -2.06. The SMILES string of the molecule is CCC(C)CSCCCCC(=N)N. The number of nitrogens with one attached hydrogen (secondary N) is 1. The van der Waals surface area contributed by atoms with Gasteiger partial charge in [-0.3, -0.25) is 5.41 Å². The van der Waals surface area contributed by atoms with Gasteiger partial charge in [-0.05, 0) is 30.3 Å². The second kappa shape index (κ2) is 8.42. The predicted octanol–water partition coefficient (Wildman–Crippen LogP) is 2.87. The van der Waals surface area contributed by atoms with Crippen molar-refractivity contribution in [2.45, 2.75) is 39.5 Å². The van der Waals surface area contributed by atoms with Crippen molar-refractivity contribution in [2.75, 3.05) is 11.5 Å². The molecule has 0 rings (SSSR count). The fraction of sp³-hybridized carbons (Fsp3) is 0.900. The van der Waals surface area contributed by atoms with Crippen LogP contribution in [-0.2, 0) is 0 Å². The summed E-state index contributed by atoms with van der Waals surface area (Å²) in [6, 6.07) is 0. The Morgan fingerprint density at radius 2 is 2.15 bits per heavy atom. The van der Waals surface area contributed by atoms with Crippen molar-refractivity contribution in [3.05, 3.63) is 0 Å². The third kappa shape index (κ3) is 9.74. The van der Waals surface area contributed by atoms with Gasteiger partial charge in [0.25, 0.3) is 0 Å². The van der Waals surface area contributed by atoms with E-state index in [-0.39, 0.29) is 0 Å². The number of hydrogen-bond donors (Lipinski definition) is 2. The van der Waals surface area contributed by atoms with Gasteiger partial charge in [0.15, 0.2) is 0 Å². The van der Waals surface area contributed by atoms with Gasteiger partial charge >= 0.3 is 0 Å². The average Bonchev–Trinajstić information content (AvgIpc) is 2.10. The molecule has 0 fully saturated rings. The van der Waals surface area contributed by atoms with Crippen molar-refractivity contribution in [1.29, 1.82) is 5.41 Å². The second-order valence-corrected chi connectivity index (χ2v) is 4.72. The van der Waals surface area contributed by atoms with E-state index in [0.717, 1.165) is 18.8 Å². The van der Waals surface area contributed by atoms with Crippen molar-refractivity contribution in [3.63, 3.8) is 0 Å². The standard InChI is InChI=1S/C10H22N2S/c1-3-9(2)8-13-7-5-4-6-10(11)12/h9H,3-8H2,1-2H3,(H3,11,12). The molecule has 0 amide bonds. The molecule has 3 N–H and O–H groups in total. The fourth-order valence-electron chi connectivity index (χ4n) is 0.922. The van der Waals surface area contributed by atoms with Crippen LogP contribution in [-0.4, -0.2) is 17.3 Å². The van der Waals surface area contributed by atoms with E-state index in [1.807, 2.05) is 11.8 Å². The van der Waals surface area contributed by atoms with E-state index >= 15 is 0 Å². The maximum Gasteiger partial charge on any atom is 0.0905 e. The minimum atomic E-state index is 0.326. The summed E-state index contributed by atoms with van der Waals surface area (Å²) < 4.78 is 0. The Bertz CT molecular complexity index is 137. The molecule has 78 valence electrons. The maximum atomic E-state index is 7.04. The molecular weight excluding hydrogens is 180 g/mol. The Labute approximate surface area is 86.2 Å². The van der Waals surface area contributed by atoms with Crippen molar-refractivity contribution in [3.8, 4) is 0 Å². The number of nitrogens with two attached hydrogens (primary N) is 1. The Kier molecular flexibility index (Phi) is 8.30. The van der Waals surface area contributed by atoms with Crippen LogP contribution in [0.2, 0.25) is 0 Å². The monoisotopic (exact) mass is 202 g/mol. The van der Waals surface area contributed by atoms with Crippen molar-refractivity contribution < 1.29 is 0 Å². The van der Waals surface area contributed by atoms with E-state index in [4.69, 9.17) is 11.1 Å². The minimum Gasteiger partial charge on any atom is -0.388 e. The van der Waals surface area contributed by atoms with Crippen LogP contribution in [0.3, 0.4) is 0 Å². The highest BCUT2D eigenvalue weighted by Crippen LogP contribution is 2.13. The van der Waals surface area contributed by atoms with Gasteiger partial charge in [-0.2, -0.15) is 11.8 Å². The number of amidine groups is 1. The summed E-state index contributed by atoms with van der Waals surface area (Å²) in [5.41, 5.74) is 5.25. The van der Waals surface area contributed by atoms with E-state index in [1.165, 1.54) is 24.3 Å². The Hall–Kier alpha value is -0.180. The molecule has 0 aliphatic heterocycles. The van der Waals surface area contributed by atoms with Crippen LogP contribution in [0.15, 0.2) is 0 Å². The zero-order valence-electron chi connectivity index (χ0n) is 8.81. The molecule has 0 spiro atoms. The van der Waals surface area contributed by atoms with E-state index < -0.39 is 0 Å². The molecule has 0 radical (unpaired) electrons. The lowest BCUT2D eigenvalue weighted by Crippen LogP contribution is -2.08. The highest BCUT2D eigenvalue weighted by Gasteiger charge is 1.98. The number of hydrogen-bond acceptors (Lipinski definition) is 2. The largest absolute Gasteiger partial charge is 0.388 e. The van der Waals surface area contributed by atoms with Crippen molar-refractivity contribution >= 4 is 17.6 Å². The van der Waals surface area contributed by atoms with Gasteiger partial charge in [0.2, 0.25) is 0 Å². The topological polar surface area (TPSA) is 49.9 Å². The zero-order valence-corrected chi connectivity index (χ0v) is 9.62. The van der Waals surface area contributed by atoms with Gasteiger partial charge in [0, 0.05) is 6.42 Å². The van der Waals surface area contributed by atoms with Crippen molar-refractivity contribution in [1.82, 2.24) is 0 Å². The zero-order chi connectivity index (χ0) is 10.1. The molecule has 0 aliphatic rings. The molecule has 0 heterocycles. The quantitative estimate of drug-likeness (QED) is 0.361. The molecule has 13 heavy (non-hydrogen) atoms. The molecule has 0 saturated carbocycles. The molecule has 1 unspecified atom stereocenters. The molecule has 1 atom stereocenters. The lowest BCUT2D eigenvalue weighted by atomic mass is 10.2. The third-order valence-electron chi connectivity index (χ3n) is 2.08. The van der Waals surface area contributed by atoms with Crippen molar-refractivity contribution in [2.24, 2.45) is 11.7 Å². The van der Waals surface area contributed by atoms with Crippen LogP contribution in [0.4, 0.5) is 0 Å². The Morgan fingerprint density at radius 3 is 2.69 bits per heavy atom. The molecule has 0 aliphatic carbocycles. The summed E-state index contributed by atoms with van der Waals surface area (Å²) in [7, 11) is 0. The van der Waals surface area contributed by atoms with E-state index in [2.05, 4.69) is 13.8 Å². The molecule has 3 heteroatoms. The molecule has 0 aromatic carbocycles. The molecular formula is C10H22N2S. The van der Waals surface area contributed by atoms with Gasteiger partial charge in [0.05, 0.1) is 5.84 Å². The van der Waals surface area contributed by atoms with Crippen LogP contribution in [0, 0.1) is 11.3 Å². The maximum absolute atomic E-state index is 7.04. The Morgan fingerprint density at radius 1 is 1.46 bits per heavy atom. The van der Waals surface area contributed by atoms with Gasteiger partial charge in [-0.25, -0.2) is 0 Å². The summed E-state index contributed by atoms with van der Waals surface area (Å²) >= 11 is 2.03. The highest BCUT2D eigenvalue weighted by atomic mass is 32.2. The van der Waals surface area contributed by atoms with Crippen LogP contribution in [0.5, 0.6) is 0 Å². The third-order valence-corrected chi connectivity index (χ3v) is 3.47. The number of thioether (sulfide) groups is 1. The first-order valence-electron chi connectivity index (χ1n) is 5.07. The summed E-state index contributed by atoms with van der Waals surface area (Å²) in [4.78, 5) is 0. The van der Waals surface area contributed by atoms with Crippen LogP contribution >= 0.6 is 11.8 Å². The van der Waals surface area contributed by atoms with Crippen LogP contribution in [0.25, 0.3) is 0 Å². The van der Waals surface area contributed by atoms with E-state index in [0.29, 0.717) is 5.84 Å². The van der Waals surface area contributed by atoms with Crippen LogP contribution < -0.4 is 5.73 Å². The first-order valence-corrected chi connectivity index (χ1v) is 6.23. The number of rotatable bonds is 8. The summed E-state index contributed by atoms with van der Waals surface area (Å²) in [5.74, 6) is 3.67. The summed E-state index contributed by atoms with van der Waals surface area (Å²) in [6.45, 7) is 4.53. The second-order valence-electron chi connectivity index (χ2n) is 3.57. The fourth-order valence-corrected chi connectivity index (χ4v) is 2.13. The molecule has 2 nitrogen and oxygen atoms in total. The van der Waals surface area contributed by atoms with E-state index in [1.54, 1.807) is 0 Å². The predicted molar refractivity (Wildman–Crippen MR) is 62.5 cm³/mol. The minimum absolute atomic E-state index is 0.326. The van der Waals surface area contributed by atoms with Gasteiger partial charge in [0.1, 0.15) is 0 Å². The molecule has 0 aromatic heterocycles.